The minimum absolute atomic E-state index is 0.0682. The lowest BCUT2D eigenvalue weighted by molar-refractivity contribution is -0.117. The van der Waals surface area contributed by atoms with E-state index >= 15 is 0 Å². The Morgan fingerprint density at radius 3 is 2.46 bits per heavy atom. The van der Waals surface area contributed by atoms with Gasteiger partial charge in [-0.3, -0.25) is 4.79 Å². The molecule has 3 amide bonds. The van der Waals surface area contributed by atoms with E-state index in [2.05, 4.69) is 5.32 Å². The molecule has 2 rings (SSSR count). The molecule has 1 saturated heterocycles. The second-order valence-corrected chi connectivity index (χ2v) is 5.49. The minimum atomic E-state index is -0.396. The van der Waals surface area contributed by atoms with Crippen molar-refractivity contribution in [1.82, 2.24) is 10.2 Å². The van der Waals surface area contributed by atoms with Crippen LogP contribution in [0.5, 0.6) is 5.75 Å². The van der Waals surface area contributed by atoms with Crippen molar-refractivity contribution >= 4 is 17.6 Å². The van der Waals surface area contributed by atoms with Crippen molar-refractivity contribution in [3.05, 3.63) is 24.3 Å². The Morgan fingerprint density at radius 1 is 1.29 bits per heavy atom. The SMILES string of the molecule is COc1ccc(N2C[C@@H](NC(=O)N(CCO)CCO)CC2=O)cc1. The number of aliphatic hydroxyl groups excluding tert-OH is 2. The molecule has 1 aliphatic heterocycles. The van der Waals surface area contributed by atoms with Crippen molar-refractivity contribution in [2.24, 2.45) is 0 Å². The Hall–Kier alpha value is -2.32. The van der Waals surface area contributed by atoms with E-state index in [4.69, 9.17) is 14.9 Å². The maximum absolute atomic E-state index is 12.2. The van der Waals surface area contributed by atoms with Gasteiger partial charge in [-0.25, -0.2) is 4.79 Å². The molecular formula is C16H23N3O5. The van der Waals surface area contributed by atoms with Crippen LogP contribution in [0.3, 0.4) is 0 Å². The third-order valence-electron chi connectivity index (χ3n) is 3.86. The summed E-state index contributed by atoms with van der Waals surface area (Å²) in [5.41, 5.74) is 0.750. The van der Waals surface area contributed by atoms with Gasteiger partial charge in [0.15, 0.2) is 0 Å². The molecule has 132 valence electrons. The molecule has 0 aromatic heterocycles. The van der Waals surface area contributed by atoms with Gasteiger partial charge >= 0.3 is 6.03 Å². The van der Waals surface area contributed by atoms with E-state index in [9.17, 15) is 9.59 Å². The monoisotopic (exact) mass is 337 g/mol. The molecule has 1 aromatic carbocycles. The van der Waals surface area contributed by atoms with E-state index in [1.54, 1.807) is 36.3 Å². The van der Waals surface area contributed by atoms with E-state index < -0.39 is 6.03 Å². The van der Waals surface area contributed by atoms with Gasteiger partial charge in [-0.15, -0.1) is 0 Å². The normalized spacial score (nSPS) is 17.0. The van der Waals surface area contributed by atoms with Crippen LogP contribution in [0.4, 0.5) is 10.5 Å². The number of hydrogen-bond acceptors (Lipinski definition) is 5. The summed E-state index contributed by atoms with van der Waals surface area (Å²) in [7, 11) is 1.58. The first-order valence-corrected chi connectivity index (χ1v) is 7.80. The molecule has 8 nitrogen and oxygen atoms in total. The number of carbonyl (C=O) groups is 2. The fraction of sp³-hybridized carbons (Fsp3) is 0.500. The maximum atomic E-state index is 12.2. The van der Waals surface area contributed by atoms with E-state index in [0.29, 0.717) is 12.3 Å². The number of benzene rings is 1. The molecule has 1 fully saturated rings. The first-order chi connectivity index (χ1) is 11.6. The second kappa shape index (κ2) is 8.51. The first-order valence-electron chi connectivity index (χ1n) is 7.80. The van der Waals surface area contributed by atoms with Crippen molar-refractivity contribution in [2.75, 3.05) is 44.9 Å². The zero-order valence-electron chi connectivity index (χ0n) is 13.6. The van der Waals surface area contributed by atoms with Gasteiger partial charge in [0, 0.05) is 31.7 Å². The number of anilines is 1. The smallest absolute Gasteiger partial charge is 0.317 e. The lowest BCUT2D eigenvalue weighted by Gasteiger charge is -2.23. The molecular weight excluding hydrogens is 314 g/mol. The quantitative estimate of drug-likeness (QED) is 0.639. The highest BCUT2D eigenvalue weighted by atomic mass is 16.5. The summed E-state index contributed by atoms with van der Waals surface area (Å²) in [6.45, 7) is 0.275. The molecule has 1 heterocycles. The molecule has 1 atom stereocenters. The molecule has 1 aromatic rings. The summed E-state index contributed by atoms with van der Waals surface area (Å²) < 4.78 is 5.10. The van der Waals surface area contributed by atoms with Gasteiger partial charge in [-0.05, 0) is 24.3 Å². The second-order valence-electron chi connectivity index (χ2n) is 5.49. The summed E-state index contributed by atoms with van der Waals surface area (Å²) in [6, 6.07) is 6.44. The van der Waals surface area contributed by atoms with Gasteiger partial charge in [-0.1, -0.05) is 0 Å². The zero-order chi connectivity index (χ0) is 17.5. The van der Waals surface area contributed by atoms with Crippen LogP contribution in [0.15, 0.2) is 24.3 Å². The van der Waals surface area contributed by atoms with Crippen molar-refractivity contribution in [3.8, 4) is 5.75 Å². The van der Waals surface area contributed by atoms with Crippen LogP contribution in [0, 0.1) is 0 Å². The number of urea groups is 1. The number of nitrogens with one attached hydrogen (secondary N) is 1. The zero-order valence-corrected chi connectivity index (χ0v) is 13.6. The number of carbonyl (C=O) groups excluding carboxylic acids is 2. The maximum Gasteiger partial charge on any atom is 0.317 e. The van der Waals surface area contributed by atoms with Crippen LogP contribution in [-0.4, -0.2) is 73.1 Å². The summed E-state index contributed by atoms with van der Waals surface area (Å²) in [6.07, 6.45) is 0.212. The number of nitrogens with zero attached hydrogens (tertiary/aromatic N) is 2. The Balaban J connectivity index is 1.96. The van der Waals surface area contributed by atoms with Gasteiger partial charge in [0.2, 0.25) is 5.91 Å². The highest BCUT2D eigenvalue weighted by Crippen LogP contribution is 2.24. The largest absolute Gasteiger partial charge is 0.497 e. The summed E-state index contributed by atoms with van der Waals surface area (Å²) in [5, 5.41) is 20.7. The van der Waals surface area contributed by atoms with Gasteiger partial charge in [-0.2, -0.15) is 0 Å². The first kappa shape index (κ1) is 18.0. The van der Waals surface area contributed by atoms with E-state index in [0.717, 1.165) is 5.69 Å². The molecule has 1 aliphatic rings. The molecule has 24 heavy (non-hydrogen) atoms. The average Bonchev–Trinajstić information content (AvgIpc) is 2.95. The van der Waals surface area contributed by atoms with Crippen LogP contribution in [0.1, 0.15) is 6.42 Å². The standard InChI is InChI=1S/C16H23N3O5/c1-24-14-4-2-13(3-5-14)19-11-12(10-15(19)22)17-16(23)18(6-8-20)7-9-21/h2-5,12,20-21H,6-11H2,1H3,(H,17,23)/t12-/m0/s1. The van der Waals surface area contributed by atoms with Crippen LogP contribution < -0.4 is 15.0 Å². The summed E-state index contributed by atoms with van der Waals surface area (Å²) in [4.78, 5) is 27.3. The highest BCUT2D eigenvalue weighted by molar-refractivity contribution is 5.96. The van der Waals surface area contributed by atoms with Crippen LogP contribution in [0.2, 0.25) is 0 Å². The van der Waals surface area contributed by atoms with Gasteiger partial charge in [0.1, 0.15) is 5.75 Å². The number of methoxy groups -OCH3 is 1. The van der Waals surface area contributed by atoms with Gasteiger partial charge in [0.05, 0.1) is 26.4 Å². The summed E-state index contributed by atoms with van der Waals surface area (Å²) in [5.74, 6) is 0.639. The third-order valence-corrected chi connectivity index (χ3v) is 3.86. The Kier molecular flexibility index (Phi) is 6.39. The Bertz CT molecular complexity index is 557. The molecule has 3 N–H and O–H groups in total. The fourth-order valence-electron chi connectivity index (χ4n) is 2.64. The molecule has 0 radical (unpaired) electrons. The molecule has 0 unspecified atom stereocenters. The molecule has 0 saturated carbocycles. The fourth-order valence-corrected chi connectivity index (χ4v) is 2.64. The van der Waals surface area contributed by atoms with Crippen molar-refractivity contribution < 1.29 is 24.5 Å². The molecule has 0 spiro atoms. The van der Waals surface area contributed by atoms with Crippen LogP contribution in [-0.2, 0) is 4.79 Å². The molecule has 0 aliphatic carbocycles. The van der Waals surface area contributed by atoms with E-state index in [1.165, 1.54) is 4.90 Å². The predicted molar refractivity (Wildman–Crippen MR) is 88.0 cm³/mol. The Labute approximate surface area is 140 Å². The summed E-state index contributed by atoms with van der Waals surface area (Å²) >= 11 is 0. The van der Waals surface area contributed by atoms with Crippen LogP contribution >= 0.6 is 0 Å². The van der Waals surface area contributed by atoms with Gasteiger partial charge < -0.3 is 30.1 Å². The molecule has 8 heteroatoms. The number of hydrogen-bond donors (Lipinski definition) is 3. The number of amides is 3. The lowest BCUT2D eigenvalue weighted by atomic mass is 10.2. The van der Waals surface area contributed by atoms with Crippen molar-refractivity contribution in [1.29, 1.82) is 0 Å². The van der Waals surface area contributed by atoms with E-state index in [1.807, 2.05) is 0 Å². The highest BCUT2D eigenvalue weighted by Gasteiger charge is 2.32. The Morgan fingerprint density at radius 2 is 1.92 bits per heavy atom. The molecule has 0 bridgehead atoms. The van der Waals surface area contributed by atoms with Crippen molar-refractivity contribution in [3.63, 3.8) is 0 Å². The van der Waals surface area contributed by atoms with Gasteiger partial charge in [0.25, 0.3) is 0 Å². The van der Waals surface area contributed by atoms with Crippen molar-refractivity contribution in [2.45, 2.75) is 12.5 Å². The number of rotatable bonds is 7. The van der Waals surface area contributed by atoms with Crippen LogP contribution in [0.25, 0.3) is 0 Å². The third kappa shape index (κ3) is 4.36. The average molecular weight is 337 g/mol. The number of aliphatic hydroxyl groups is 2. The predicted octanol–water partition coefficient (Wildman–Crippen LogP) is -0.203. The van der Waals surface area contributed by atoms with E-state index in [-0.39, 0.29) is 44.7 Å². The lowest BCUT2D eigenvalue weighted by Crippen LogP contribution is -2.47. The minimum Gasteiger partial charge on any atom is -0.497 e. The topological polar surface area (TPSA) is 102 Å². The number of ether oxygens (including phenoxy) is 1.